The molecule has 0 aliphatic carbocycles. The molecule has 3 aromatic carbocycles. The van der Waals surface area contributed by atoms with Gasteiger partial charge in [0.05, 0.1) is 0 Å². The number of unbranched alkanes of at least 4 members (excludes halogenated alkanes) is 1. The van der Waals surface area contributed by atoms with Gasteiger partial charge >= 0.3 is 6.09 Å². The number of hydrogen-bond donors (Lipinski definition) is 0. The highest BCUT2D eigenvalue weighted by Gasteiger charge is 2.31. The van der Waals surface area contributed by atoms with E-state index in [1.54, 1.807) is 4.90 Å². The van der Waals surface area contributed by atoms with Crippen molar-refractivity contribution in [3.05, 3.63) is 102 Å². The van der Waals surface area contributed by atoms with E-state index in [1.807, 2.05) is 68.4 Å². The van der Waals surface area contributed by atoms with Crippen molar-refractivity contribution in [3.8, 4) is 0 Å². The first-order chi connectivity index (χ1) is 15.1. The minimum atomic E-state index is -0.354. The lowest BCUT2D eigenvalue weighted by Gasteiger charge is -2.32. The van der Waals surface area contributed by atoms with Gasteiger partial charge in [0.1, 0.15) is 6.10 Å². The smallest absolute Gasteiger partial charge is 0.415 e. The molecular formula is C28H33NO2. The zero-order valence-corrected chi connectivity index (χ0v) is 18.8. The van der Waals surface area contributed by atoms with Gasteiger partial charge in [0.25, 0.3) is 0 Å². The van der Waals surface area contributed by atoms with Crippen LogP contribution in [0.5, 0.6) is 0 Å². The number of rotatable bonds is 9. The minimum absolute atomic E-state index is 0.0165. The van der Waals surface area contributed by atoms with E-state index < -0.39 is 0 Å². The molecule has 0 aliphatic rings. The van der Waals surface area contributed by atoms with Crippen LogP contribution in [0, 0.1) is 0 Å². The second-order valence-corrected chi connectivity index (χ2v) is 8.17. The molecule has 0 bridgehead atoms. The highest BCUT2D eigenvalue weighted by Crippen LogP contribution is 2.38. The molecule has 3 heteroatoms. The number of amides is 1. The van der Waals surface area contributed by atoms with Gasteiger partial charge in [0.15, 0.2) is 0 Å². The van der Waals surface area contributed by atoms with Gasteiger partial charge in [-0.05, 0) is 43.5 Å². The molecule has 31 heavy (non-hydrogen) atoms. The Hall–Kier alpha value is -3.07. The van der Waals surface area contributed by atoms with E-state index in [0.717, 1.165) is 30.5 Å². The molecule has 0 unspecified atom stereocenters. The third-order valence-electron chi connectivity index (χ3n) is 5.57. The van der Waals surface area contributed by atoms with Crippen LogP contribution < -0.4 is 4.90 Å². The van der Waals surface area contributed by atoms with E-state index in [0.29, 0.717) is 0 Å². The van der Waals surface area contributed by atoms with E-state index in [4.69, 9.17) is 4.74 Å². The van der Waals surface area contributed by atoms with Crippen LogP contribution in [-0.2, 0) is 4.74 Å². The molecule has 0 N–H and O–H groups in total. The van der Waals surface area contributed by atoms with E-state index in [2.05, 4.69) is 43.3 Å². The fraction of sp³-hybridized carbons (Fsp3) is 0.321. The van der Waals surface area contributed by atoms with Gasteiger partial charge in [-0.25, -0.2) is 4.79 Å². The number of ether oxygens (including phenoxy) is 1. The van der Waals surface area contributed by atoms with Crippen LogP contribution in [-0.4, -0.2) is 12.1 Å². The second-order valence-electron chi connectivity index (χ2n) is 8.17. The molecule has 0 aromatic heterocycles. The third-order valence-corrected chi connectivity index (χ3v) is 5.57. The predicted molar refractivity (Wildman–Crippen MR) is 128 cm³/mol. The van der Waals surface area contributed by atoms with Crippen molar-refractivity contribution in [2.24, 2.45) is 0 Å². The van der Waals surface area contributed by atoms with Crippen molar-refractivity contribution in [2.45, 2.75) is 58.1 Å². The molecule has 3 rings (SSSR count). The Bertz CT molecular complexity index is 910. The Morgan fingerprint density at radius 3 is 1.84 bits per heavy atom. The number of para-hydroxylation sites is 1. The lowest BCUT2D eigenvalue weighted by atomic mass is 9.85. The van der Waals surface area contributed by atoms with E-state index in [9.17, 15) is 4.79 Å². The van der Waals surface area contributed by atoms with E-state index in [1.165, 1.54) is 5.56 Å². The first-order valence-corrected chi connectivity index (χ1v) is 11.3. The van der Waals surface area contributed by atoms with Crippen molar-refractivity contribution in [2.75, 3.05) is 4.90 Å². The maximum absolute atomic E-state index is 13.5. The summed E-state index contributed by atoms with van der Waals surface area (Å²) in [4.78, 5) is 15.2. The zero-order valence-electron chi connectivity index (χ0n) is 18.8. The Kier molecular flexibility index (Phi) is 8.28. The van der Waals surface area contributed by atoms with Crippen LogP contribution >= 0.6 is 0 Å². The van der Waals surface area contributed by atoms with Crippen molar-refractivity contribution in [1.82, 2.24) is 0 Å². The van der Waals surface area contributed by atoms with Crippen LogP contribution in [0.3, 0.4) is 0 Å². The topological polar surface area (TPSA) is 29.5 Å². The summed E-state index contributed by atoms with van der Waals surface area (Å²) in [6.45, 7) is 6.22. The summed E-state index contributed by atoms with van der Waals surface area (Å²) >= 11 is 0. The van der Waals surface area contributed by atoms with Gasteiger partial charge in [-0.2, -0.15) is 0 Å². The van der Waals surface area contributed by atoms with Crippen LogP contribution in [0.25, 0.3) is 0 Å². The summed E-state index contributed by atoms with van der Waals surface area (Å²) in [5.74, 6) is 0.0947. The van der Waals surface area contributed by atoms with Crippen molar-refractivity contribution >= 4 is 11.8 Å². The Balaban J connectivity index is 1.97. The Morgan fingerprint density at radius 1 is 0.806 bits per heavy atom. The molecule has 0 heterocycles. The number of anilines is 1. The molecule has 0 saturated carbocycles. The SMILES string of the molecule is CCCC[C@@H](c1ccccc1)[C@H](OC(=O)N(c1ccccc1)C(C)C)c1ccccc1. The Morgan fingerprint density at radius 2 is 1.32 bits per heavy atom. The first-order valence-electron chi connectivity index (χ1n) is 11.3. The summed E-state index contributed by atoms with van der Waals surface area (Å²) < 4.78 is 6.32. The van der Waals surface area contributed by atoms with Crippen LogP contribution in [0.2, 0.25) is 0 Å². The standard InChI is InChI=1S/C28H33NO2/c1-4-5-21-26(23-15-9-6-10-16-23)27(24-17-11-7-12-18-24)31-28(30)29(22(2)3)25-19-13-8-14-20-25/h6-20,22,26-27H,4-5,21H2,1-3H3/t26-,27+/m0/s1. The average Bonchev–Trinajstić information content (AvgIpc) is 2.80. The maximum Gasteiger partial charge on any atom is 0.415 e. The van der Waals surface area contributed by atoms with Gasteiger partial charge in [-0.1, -0.05) is 98.6 Å². The predicted octanol–water partition coefficient (Wildman–Crippen LogP) is 7.75. The van der Waals surface area contributed by atoms with Gasteiger partial charge in [-0.3, -0.25) is 4.90 Å². The number of carbonyl (C=O) groups excluding carboxylic acids is 1. The molecular weight excluding hydrogens is 382 g/mol. The van der Waals surface area contributed by atoms with Crippen LogP contribution in [0.1, 0.15) is 63.2 Å². The minimum Gasteiger partial charge on any atom is -0.440 e. The van der Waals surface area contributed by atoms with Gasteiger partial charge in [0, 0.05) is 17.6 Å². The number of hydrogen-bond acceptors (Lipinski definition) is 2. The quantitative estimate of drug-likeness (QED) is 0.357. The highest BCUT2D eigenvalue weighted by molar-refractivity contribution is 5.88. The van der Waals surface area contributed by atoms with Crippen molar-refractivity contribution in [3.63, 3.8) is 0 Å². The molecule has 0 radical (unpaired) electrons. The average molecular weight is 416 g/mol. The van der Waals surface area contributed by atoms with Crippen LogP contribution in [0.15, 0.2) is 91.0 Å². The van der Waals surface area contributed by atoms with Gasteiger partial charge in [0.2, 0.25) is 0 Å². The normalized spacial score (nSPS) is 12.9. The van der Waals surface area contributed by atoms with E-state index >= 15 is 0 Å². The monoisotopic (exact) mass is 415 g/mol. The summed E-state index contributed by atoms with van der Waals surface area (Å²) in [7, 11) is 0. The Labute approximate surface area is 186 Å². The molecule has 0 fully saturated rings. The summed E-state index contributed by atoms with van der Waals surface area (Å²) in [6, 6.07) is 30.3. The molecule has 162 valence electrons. The summed E-state index contributed by atoms with van der Waals surface area (Å²) in [5, 5.41) is 0. The molecule has 2 atom stereocenters. The summed E-state index contributed by atoms with van der Waals surface area (Å²) in [6.07, 6.45) is 2.47. The number of nitrogens with zero attached hydrogens (tertiary/aromatic N) is 1. The van der Waals surface area contributed by atoms with Gasteiger partial charge in [-0.15, -0.1) is 0 Å². The summed E-state index contributed by atoms with van der Waals surface area (Å²) in [5.41, 5.74) is 3.07. The second kappa shape index (κ2) is 11.4. The lowest BCUT2D eigenvalue weighted by molar-refractivity contribution is 0.0829. The van der Waals surface area contributed by atoms with Crippen molar-refractivity contribution in [1.29, 1.82) is 0 Å². The molecule has 3 nitrogen and oxygen atoms in total. The zero-order chi connectivity index (χ0) is 22.1. The fourth-order valence-electron chi connectivity index (χ4n) is 4.01. The lowest BCUT2D eigenvalue weighted by Crippen LogP contribution is -2.38. The highest BCUT2D eigenvalue weighted by atomic mass is 16.6. The van der Waals surface area contributed by atoms with Crippen molar-refractivity contribution < 1.29 is 9.53 Å². The number of benzene rings is 3. The van der Waals surface area contributed by atoms with Gasteiger partial charge < -0.3 is 4.74 Å². The maximum atomic E-state index is 13.5. The largest absolute Gasteiger partial charge is 0.440 e. The number of carbonyl (C=O) groups is 1. The molecule has 0 aliphatic heterocycles. The fourth-order valence-corrected chi connectivity index (χ4v) is 4.01. The van der Waals surface area contributed by atoms with E-state index in [-0.39, 0.29) is 24.2 Å². The molecule has 3 aromatic rings. The first kappa shape index (κ1) is 22.6. The molecule has 0 spiro atoms. The third kappa shape index (κ3) is 5.97. The molecule has 0 saturated heterocycles. The van der Waals surface area contributed by atoms with Crippen LogP contribution in [0.4, 0.5) is 10.5 Å². The molecule has 1 amide bonds.